The first-order valence-corrected chi connectivity index (χ1v) is 3.08. The van der Waals surface area contributed by atoms with Gasteiger partial charge in [-0.05, 0) is 6.92 Å². The van der Waals surface area contributed by atoms with E-state index in [4.69, 9.17) is 15.3 Å². The molecular formula is C6H10O4. The standard InChI is InChI=1S/C6H10O4/c1-6(10)2-3(7)4(8)5(6)9/h3-4,7-8,10H,2H2,1H3. The summed E-state index contributed by atoms with van der Waals surface area (Å²) in [6.07, 6.45) is -2.59. The van der Waals surface area contributed by atoms with Crippen LogP contribution in [0, 0.1) is 0 Å². The Hall–Kier alpha value is -0.450. The van der Waals surface area contributed by atoms with Crippen LogP contribution in [0.25, 0.3) is 0 Å². The summed E-state index contributed by atoms with van der Waals surface area (Å²) < 4.78 is 0. The van der Waals surface area contributed by atoms with Gasteiger partial charge < -0.3 is 15.3 Å². The molecule has 0 heterocycles. The molecule has 0 spiro atoms. The minimum atomic E-state index is -1.54. The van der Waals surface area contributed by atoms with Gasteiger partial charge in [-0.15, -0.1) is 0 Å². The Balaban J connectivity index is 2.82. The second kappa shape index (κ2) is 2.02. The minimum absolute atomic E-state index is 0.0764. The number of hydrogen-bond donors (Lipinski definition) is 3. The van der Waals surface area contributed by atoms with Gasteiger partial charge in [-0.1, -0.05) is 0 Å². The topological polar surface area (TPSA) is 77.8 Å². The van der Waals surface area contributed by atoms with Crippen LogP contribution < -0.4 is 0 Å². The van der Waals surface area contributed by atoms with E-state index >= 15 is 0 Å². The lowest BCUT2D eigenvalue weighted by Gasteiger charge is -2.11. The summed E-state index contributed by atoms with van der Waals surface area (Å²) in [7, 11) is 0. The molecule has 3 N–H and O–H groups in total. The molecule has 0 radical (unpaired) electrons. The van der Waals surface area contributed by atoms with Gasteiger partial charge >= 0.3 is 0 Å². The van der Waals surface area contributed by atoms with Gasteiger partial charge in [0.05, 0.1) is 6.10 Å². The minimum Gasteiger partial charge on any atom is -0.390 e. The summed E-state index contributed by atoms with van der Waals surface area (Å²) in [4.78, 5) is 10.8. The molecule has 1 saturated carbocycles. The van der Waals surface area contributed by atoms with E-state index in [1.54, 1.807) is 0 Å². The molecular weight excluding hydrogens is 136 g/mol. The van der Waals surface area contributed by atoms with Crippen molar-refractivity contribution in [3.05, 3.63) is 0 Å². The lowest BCUT2D eigenvalue weighted by Crippen LogP contribution is -2.34. The average molecular weight is 146 g/mol. The summed E-state index contributed by atoms with van der Waals surface area (Å²) in [5.74, 6) is -0.694. The molecule has 0 amide bonds. The number of ketones is 1. The molecule has 10 heavy (non-hydrogen) atoms. The Morgan fingerprint density at radius 1 is 1.60 bits per heavy atom. The maximum absolute atomic E-state index is 10.8. The maximum Gasteiger partial charge on any atom is 0.195 e. The third-order valence-electron chi connectivity index (χ3n) is 1.77. The largest absolute Gasteiger partial charge is 0.390 e. The van der Waals surface area contributed by atoms with Crippen molar-refractivity contribution in [2.75, 3.05) is 0 Å². The molecule has 0 saturated heterocycles. The first kappa shape index (κ1) is 7.65. The Morgan fingerprint density at radius 2 is 2.10 bits per heavy atom. The van der Waals surface area contributed by atoms with E-state index in [0.29, 0.717) is 0 Å². The number of Topliss-reactive ketones (excluding diaryl/α,β-unsaturated/α-hetero) is 1. The summed E-state index contributed by atoms with van der Waals surface area (Å²) in [5, 5.41) is 26.8. The van der Waals surface area contributed by atoms with E-state index in [9.17, 15) is 4.79 Å². The fourth-order valence-corrected chi connectivity index (χ4v) is 1.11. The number of carbonyl (C=O) groups is 1. The van der Waals surface area contributed by atoms with Crippen molar-refractivity contribution in [3.63, 3.8) is 0 Å². The van der Waals surface area contributed by atoms with Gasteiger partial charge in [0.15, 0.2) is 5.78 Å². The van der Waals surface area contributed by atoms with Gasteiger partial charge in [0.1, 0.15) is 11.7 Å². The highest BCUT2D eigenvalue weighted by molar-refractivity contribution is 5.93. The van der Waals surface area contributed by atoms with Gasteiger partial charge in [0.2, 0.25) is 0 Å². The van der Waals surface area contributed by atoms with Crippen molar-refractivity contribution >= 4 is 5.78 Å². The number of rotatable bonds is 0. The van der Waals surface area contributed by atoms with Crippen LogP contribution in [0.15, 0.2) is 0 Å². The predicted octanol–water partition coefficient (Wildman–Crippen LogP) is -1.57. The SMILES string of the molecule is CC1(O)CC(O)C(O)C1=O. The van der Waals surface area contributed by atoms with Crippen LogP contribution in [0.1, 0.15) is 13.3 Å². The van der Waals surface area contributed by atoms with Crippen LogP contribution in [0.4, 0.5) is 0 Å². The number of hydrogen-bond acceptors (Lipinski definition) is 4. The molecule has 3 unspecified atom stereocenters. The van der Waals surface area contributed by atoms with Gasteiger partial charge in [0.25, 0.3) is 0 Å². The molecule has 4 heteroatoms. The van der Waals surface area contributed by atoms with Crippen LogP contribution >= 0.6 is 0 Å². The van der Waals surface area contributed by atoms with Crippen LogP contribution in [-0.4, -0.2) is 38.9 Å². The normalized spacial score (nSPS) is 48.2. The molecule has 0 aromatic heterocycles. The molecule has 0 aromatic rings. The zero-order valence-corrected chi connectivity index (χ0v) is 5.61. The molecule has 0 bridgehead atoms. The lowest BCUT2D eigenvalue weighted by molar-refractivity contribution is -0.138. The molecule has 4 nitrogen and oxygen atoms in total. The fraction of sp³-hybridized carbons (Fsp3) is 0.833. The fourth-order valence-electron chi connectivity index (χ4n) is 1.11. The van der Waals surface area contributed by atoms with Crippen molar-refractivity contribution in [3.8, 4) is 0 Å². The summed E-state index contributed by atoms with van der Waals surface area (Å²) in [5.41, 5.74) is -1.54. The summed E-state index contributed by atoms with van der Waals surface area (Å²) in [6.45, 7) is 1.29. The Labute approximate surface area is 58.1 Å². The van der Waals surface area contributed by atoms with E-state index in [0.717, 1.165) is 0 Å². The molecule has 3 atom stereocenters. The van der Waals surface area contributed by atoms with Gasteiger partial charge in [0, 0.05) is 6.42 Å². The van der Waals surface area contributed by atoms with E-state index in [1.807, 2.05) is 0 Å². The predicted molar refractivity (Wildman–Crippen MR) is 32.3 cm³/mol. The number of aliphatic hydroxyl groups is 3. The average Bonchev–Trinajstić information content (AvgIpc) is 1.95. The molecule has 0 aromatic carbocycles. The highest BCUT2D eigenvalue weighted by atomic mass is 16.4. The Bertz CT molecular complexity index is 163. The smallest absolute Gasteiger partial charge is 0.195 e. The quantitative estimate of drug-likeness (QED) is 0.386. The van der Waals surface area contributed by atoms with Gasteiger partial charge in [-0.2, -0.15) is 0 Å². The third-order valence-corrected chi connectivity index (χ3v) is 1.77. The Morgan fingerprint density at radius 3 is 2.20 bits per heavy atom. The van der Waals surface area contributed by atoms with E-state index in [1.165, 1.54) is 6.92 Å². The number of carbonyl (C=O) groups excluding carboxylic acids is 1. The third kappa shape index (κ3) is 0.941. The highest BCUT2D eigenvalue weighted by Crippen LogP contribution is 2.25. The summed E-state index contributed by atoms with van der Waals surface area (Å²) >= 11 is 0. The van der Waals surface area contributed by atoms with Crippen molar-refractivity contribution < 1.29 is 20.1 Å². The van der Waals surface area contributed by atoms with Gasteiger partial charge in [-0.3, -0.25) is 4.79 Å². The summed E-state index contributed by atoms with van der Waals surface area (Å²) in [6, 6.07) is 0. The first-order chi connectivity index (χ1) is 4.45. The molecule has 0 aliphatic heterocycles. The molecule has 1 fully saturated rings. The lowest BCUT2D eigenvalue weighted by atomic mass is 10.1. The maximum atomic E-state index is 10.8. The zero-order valence-electron chi connectivity index (χ0n) is 5.61. The Kier molecular flexibility index (Phi) is 1.54. The second-order valence-electron chi connectivity index (χ2n) is 2.85. The highest BCUT2D eigenvalue weighted by Gasteiger charge is 2.47. The first-order valence-electron chi connectivity index (χ1n) is 3.08. The van der Waals surface area contributed by atoms with Crippen LogP contribution in [-0.2, 0) is 4.79 Å². The molecule has 58 valence electrons. The van der Waals surface area contributed by atoms with E-state index in [-0.39, 0.29) is 6.42 Å². The van der Waals surface area contributed by atoms with Crippen molar-refractivity contribution in [1.82, 2.24) is 0 Å². The molecule has 1 aliphatic rings. The van der Waals surface area contributed by atoms with E-state index in [2.05, 4.69) is 0 Å². The second-order valence-corrected chi connectivity index (χ2v) is 2.85. The van der Waals surface area contributed by atoms with Crippen molar-refractivity contribution in [2.24, 2.45) is 0 Å². The van der Waals surface area contributed by atoms with Crippen molar-refractivity contribution in [1.29, 1.82) is 0 Å². The van der Waals surface area contributed by atoms with Crippen LogP contribution in [0.2, 0.25) is 0 Å². The number of aliphatic hydroxyl groups excluding tert-OH is 2. The molecule has 1 rings (SSSR count). The van der Waals surface area contributed by atoms with Crippen LogP contribution in [0.3, 0.4) is 0 Å². The van der Waals surface area contributed by atoms with E-state index < -0.39 is 23.6 Å². The molecule has 1 aliphatic carbocycles. The zero-order chi connectivity index (χ0) is 7.94. The monoisotopic (exact) mass is 146 g/mol. The van der Waals surface area contributed by atoms with Gasteiger partial charge in [-0.25, -0.2) is 0 Å². The van der Waals surface area contributed by atoms with Crippen molar-refractivity contribution in [2.45, 2.75) is 31.2 Å². The van der Waals surface area contributed by atoms with Crippen LogP contribution in [0.5, 0.6) is 0 Å².